The largest absolute Gasteiger partial charge is 0.384 e. The Balaban J connectivity index is 1.91. The molecule has 2 N–H and O–H groups in total. The summed E-state index contributed by atoms with van der Waals surface area (Å²) >= 11 is 0. The summed E-state index contributed by atoms with van der Waals surface area (Å²) in [6, 6.07) is 8.63. The first kappa shape index (κ1) is 13.4. The lowest BCUT2D eigenvalue weighted by molar-refractivity contribution is 0.391. The van der Waals surface area contributed by atoms with E-state index in [0.29, 0.717) is 0 Å². The fraction of sp³-hybridized carbons (Fsp3) is 0.600. The lowest BCUT2D eigenvalue weighted by Crippen LogP contribution is -2.33. The minimum absolute atomic E-state index is 0.770. The molecule has 1 aliphatic rings. The normalized spacial score (nSPS) is 20.1. The molecule has 0 radical (unpaired) electrons. The predicted molar refractivity (Wildman–Crippen MR) is 77.9 cm³/mol. The molecular formula is C15H25N3. The van der Waals surface area contributed by atoms with Gasteiger partial charge in [0.25, 0.3) is 0 Å². The molecule has 1 atom stereocenters. The van der Waals surface area contributed by atoms with Gasteiger partial charge in [0, 0.05) is 18.8 Å². The Bertz CT molecular complexity index is 357. The van der Waals surface area contributed by atoms with E-state index < -0.39 is 0 Å². The van der Waals surface area contributed by atoms with Crippen molar-refractivity contribution in [3.05, 3.63) is 29.8 Å². The zero-order valence-corrected chi connectivity index (χ0v) is 11.6. The number of piperidine rings is 1. The topological polar surface area (TPSA) is 27.3 Å². The molecule has 18 heavy (non-hydrogen) atoms. The maximum absolute atomic E-state index is 3.62. The van der Waals surface area contributed by atoms with Gasteiger partial charge in [-0.2, -0.15) is 0 Å². The minimum atomic E-state index is 0.770. The summed E-state index contributed by atoms with van der Waals surface area (Å²) < 4.78 is 0. The highest BCUT2D eigenvalue weighted by molar-refractivity contribution is 5.51. The number of hydrogen-bond donors (Lipinski definition) is 2. The van der Waals surface area contributed by atoms with Gasteiger partial charge >= 0.3 is 0 Å². The maximum atomic E-state index is 3.62. The zero-order valence-electron chi connectivity index (χ0n) is 11.6. The smallest absolute Gasteiger partial charge is 0.0385 e. The third-order valence-corrected chi connectivity index (χ3v) is 3.48. The molecule has 0 aliphatic carbocycles. The fourth-order valence-corrected chi connectivity index (χ4v) is 2.52. The van der Waals surface area contributed by atoms with Crippen molar-refractivity contribution in [3.63, 3.8) is 0 Å². The van der Waals surface area contributed by atoms with Crippen LogP contribution in [-0.2, 0) is 6.54 Å². The average Bonchev–Trinajstić information content (AvgIpc) is 2.38. The van der Waals surface area contributed by atoms with E-state index in [1.54, 1.807) is 0 Å². The number of benzene rings is 1. The van der Waals surface area contributed by atoms with Crippen LogP contribution in [0.4, 0.5) is 5.69 Å². The van der Waals surface area contributed by atoms with Crippen LogP contribution in [-0.4, -0.2) is 38.6 Å². The van der Waals surface area contributed by atoms with Crippen molar-refractivity contribution in [1.82, 2.24) is 10.2 Å². The Morgan fingerprint density at radius 3 is 2.89 bits per heavy atom. The molecule has 100 valence electrons. The zero-order chi connectivity index (χ0) is 12.8. The van der Waals surface area contributed by atoms with Crippen molar-refractivity contribution in [1.29, 1.82) is 0 Å². The van der Waals surface area contributed by atoms with Crippen LogP contribution in [0.25, 0.3) is 0 Å². The lowest BCUT2D eigenvalue weighted by atomic mass is 9.99. The van der Waals surface area contributed by atoms with Crippen molar-refractivity contribution < 1.29 is 0 Å². The summed E-state index contributed by atoms with van der Waals surface area (Å²) in [6.45, 7) is 4.42. The number of hydrogen-bond acceptors (Lipinski definition) is 3. The van der Waals surface area contributed by atoms with Crippen LogP contribution < -0.4 is 10.6 Å². The van der Waals surface area contributed by atoms with Gasteiger partial charge in [0.15, 0.2) is 0 Å². The van der Waals surface area contributed by atoms with Crippen molar-refractivity contribution >= 4 is 5.69 Å². The second-order valence-corrected chi connectivity index (χ2v) is 5.49. The first-order chi connectivity index (χ1) is 8.75. The minimum Gasteiger partial charge on any atom is -0.384 e. The third kappa shape index (κ3) is 4.00. The van der Waals surface area contributed by atoms with Crippen LogP contribution in [0.15, 0.2) is 24.3 Å². The number of para-hydroxylation sites is 1. The molecule has 1 fully saturated rings. The Labute approximate surface area is 111 Å². The quantitative estimate of drug-likeness (QED) is 0.835. The van der Waals surface area contributed by atoms with Gasteiger partial charge in [-0.3, -0.25) is 0 Å². The van der Waals surface area contributed by atoms with Crippen LogP contribution in [0.2, 0.25) is 0 Å². The summed E-state index contributed by atoms with van der Waals surface area (Å²) in [4.78, 5) is 2.21. The second kappa shape index (κ2) is 6.76. The molecule has 0 saturated carbocycles. The molecule has 0 bridgehead atoms. The molecule has 1 aromatic carbocycles. The molecule has 2 rings (SSSR count). The van der Waals surface area contributed by atoms with Gasteiger partial charge in [0.1, 0.15) is 0 Å². The van der Waals surface area contributed by atoms with E-state index in [1.807, 2.05) is 0 Å². The predicted octanol–water partition coefficient (Wildman–Crippen LogP) is 2.16. The van der Waals surface area contributed by atoms with Crippen molar-refractivity contribution in [3.8, 4) is 0 Å². The van der Waals surface area contributed by atoms with Crippen LogP contribution in [0.1, 0.15) is 18.4 Å². The van der Waals surface area contributed by atoms with Crippen molar-refractivity contribution in [2.75, 3.05) is 39.0 Å². The Kier molecular flexibility index (Phi) is 5.02. The van der Waals surface area contributed by atoms with Crippen LogP contribution in [0.3, 0.4) is 0 Å². The molecule has 3 nitrogen and oxygen atoms in total. The van der Waals surface area contributed by atoms with Gasteiger partial charge in [-0.1, -0.05) is 18.2 Å². The first-order valence-electron chi connectivity index (χ1n) is 6.93. The number of anilines is 1. The maximum Gasteiger partial charge on any atom is 0.0385 e. The van der Waals surface area contributed by atoms with E-state index in [1.165, 1.54) is 30.6 Å². The van der Waals surface area contributed by atoms with E-state index in [-0.39, 0.29) is 0 Å². The number of nitrogens with zero attached hydrogens (tertiary/aromatic N) is 1. The molecule has 1 unspecified atom stereocenters. The van der Waals surface area contributed by atoms with Gasteiger partial charge in [-0.05, 0) is 57.6 Å². The van der Waals surface area contributed by atoms with Crippen molar-refractivity contribution in [2.24, 2.45) is 5.92 Å². The van der Waals surface area contributed by atoms with Gasteiger partial charge in [-0.25, -0.2) is 0 Å². The van der Waals surface area contributed by atoms with Crippen LogP contribution >= 0.6 is 0 Å². The molecule has 3 heteroatoms. The Morgan fingerprint density at radius 1 is 1.33 bits per heavy atom. The molecule has 0 amide bonds. The van der Waals surface area contributed by atoms with E-state index >= 15 is 0 Å². The highest BCUT2D eigenvalue weighted by Crippen LogP contribution is 2.18. The fourth-order valence-electron chi connectivity index (χ4n) is 2.52. The molecule has 0 aromatic heterocycles. The molecule has 1 heterocycles. The summed E-state index contributed by atoms with van der Waals surface area (Å²) in [7, 11) is 4.23. The number of rotatable bonds is 5. The average molecular weight is 247 g/mol. The highest BCUT2D eigenvalue weighted by Gasteiger charge is 2.13. The monoisotopic (exact) mass is 247 g/mol. The first-order valence-corrected chi connectivity index (χ1v) is 6.93. The van der Waals surface area contributed by atoms with Gasteiger partial charge < -0.3 is 15.5 Å². The summed E-state index contributed by atoms with van der Waals surface area (Å²) in [6.07, 6.45) is 2.65. The van der Waals surface area contributed by atoms with Crippen molar-refractivity contribution in [2.45, 2.75) is 19.4 Å². The molecule has 0 spiro atoms. The molecule has 1 aromatic rings. The van der Waals surface area contributed by atoms with Gasteiger partial charge in [0.2, 0.25) is 0 Å². The Hall–Kier alpha value is -1.06. The van der Waals surface area contributed by atoms with Gasteiger partial charge in [-0.15, -0.1) is 0 Å². The van der Waals surface area contributed by atoms with E-state index in [2.05, 4.69) is 53.9 Å². The SMILES string of the molecule is CN(C)Cc1ccccc1NCC1CCCNC1. The summed E-state index contributed by atoms with van der Waals surface area (Å²) in [5.41, 5.74) is 2.67. The second-order valence-electron chi connectivity index (χ2n) is 5.49. The summed E-state index contributed by atoms with van der Waals surface area (Å²) in [5, 5.41) is 7.09. The van der Waals surface area contributed by atoms with E-state index in [9.17, 15) is 0 Å². The van der Waals surface area contributed by atoms with E-state index in [4.69, 9.17) is 0 Å². The third-order valence-electron chi connectivity index (χ3n) is 3.48. The molecular weight excluding hydrogens is 222 g/mol. The van der Waals surface area contributed by atoms with E-state index in [0.717, 1.165) is 25.6 Å². The standard InChI is InChI=1S/C15H25N3/c1-18(2)12-14-7-3-4-8-15(14)17-11-13-6-5-9-16-10-13/h3-4,7-8,13,16-17H,5-6,9-12H2,1-2H3. The Morgan fingerprint density at radius 2 is 2.17 bits per heavy atom. The lowest BCUT2D eigenvalue weighted by Gasteiger charge is -2.24. The summed E-state index contributed by atoms with van der Waals surface area (Å²) in [5.74, 6) is 0.770. The van der Waals surface area contributed by atoms with Crippen LogP contribution in [0, 0.1) is 5.92 Å². The van der Waals surface area contributed by atoms with Crippen LogP contribution in [0.5, 0.6) is 0 Å². The molecule has 1 saturated heterocycles. The molecule has 1 aliphatic heterocycles. The number of nitrogens with one attached hydrogen (secondary N) is 2. The highest BCUT2D eigenvalue weighted by atomic mass is 15.1. The van der Waals surface area contributed by atoms with Gasteiger partial charge in [0.05, 0.1) is 0 Å².